The topological polar surface area (TPSA) is 102 Å². The van der Waals surface area contributed by atoms with Crippen LogP contribution in [0.4, 0.5) is 5.69 Å². The van der Waals surface area contributed by atoms with Gasteiger partial charge in [0.1, 0.15) is 0 Å². The molecule has 6 nitrogen and oxygen atoms in total. The summed E-state index contributed by atoms with van der Waals surface area (Å²) < 4.78 is 4.95. The Bertz CT molecular complexity index is 830. The lowest BCUT2D eigenvalue weighted by molar-refractivity contribution is 0.394. The molecule has 1 aromatic carbocycles. The molecule has 3 rings (SSSR count). The number of anilines is 1. The minimum Gasteiger partial charge on any atom is -0.397 e. The highest BCUT2D eigenvalue weighted by molar-refractivity contribution is 5.72. The molecule has 2 N–H and O–H groups in total. The highest BCUT2D eigenvalue weighted by atomic mass is 16.5. The van der Waals surface area contributed by atoms with Gasteiger partial charge in [-0.25, -0.2) is 0 Å². The van der Waals surface area contributed by atoms with Crippen LogP contribution < -0.4 is 5.73 Å². The molecule has 0 spiro atoms. The van der Waals surface area contributed by atoms with Crippen molar-refractivity contribution in [2.45, 2.75) is 6.92 Å². The predicted molar refractivity (Wildman–Crippen MR) is 76.8 cm³/mol. The van der Waals surface area contributed by atoms with Gasteiger partial charge in [0, 0.05) is 18.1 Å². The number of nitriles is 1. The lowest BCUT2D eigenvalue weighted by Crippen LogP contribution is -1.92. The Morgan fingerprint density at radius 1 is 1.24 bits per heavy atom. The number of nitrogens with zero attached hydrogens (tertiary/aromatic N) is 4. The van der Waals surface area contributed by atoms with Crippen LogP contribution in [0, 0.1) is 18.3 Å². The molecule has 102 valence electrons. The molecule has 3 aromatic rings. The first-order valence-electron chi connectivity index (χ1n) is 6.24. The van der Waals surface area contributed by atoms with E-state index in [4.69, 9.17) is 10.3 Å². The van der Waals surface area contributed by atoms with Gasteiger partial charge < -0.3 is 10.3 Å². The molecule has 0 aliphatic rings. The number of hydrogen-bond donors (Lipinski definition) is 1. The lowest BCUT2D eigenvalue weighted by atomic mass is 10.0. The monoisotopic (exact) mass is 277 g/mol. The highest BCUT2D eigenvalue weighted by Crippen LogP contribution is 2.26. The minimum atomic E-state index is 0.459. The van der Waals surface area contributed by atoms with E-state index in [0.29, 0.717) is 28.7 Å². The van der Waals surface area contributed by atoms with Crippen molar-refractivity contribution in [3.05, 3.63) is 48.0 Å². The number of pyridine rings is 1. The average Bonchev–Trinajstić information content (AvgIpc) is 2.94. The van der Waals surface area contributed by atoms with Crippen molar-refractivity contribution in [1.29, 1.82) is 5.26 Å². The average molecular weight is 277 g/mol. The van der Waals surface area contributed by atoms with Crippen molar-refractivity contribution in [3.8, 4) is 28.7 Å². The lowest BCUT2D eigenvalue weighted by Gasteiger charge is -2.05. The van der Waals surface area contributed by atoms with Gasteiger partial charge in [-0.2, -0.15) is 10.2 Å². The van der Waals surface area contributed by atoms with Crippen LogP contribution >= 0.6 is 0 Å². The zero-order valence-corrected chi connectivity index (χ0v) is 11.2. The zero-order valence-electron chi connectivity index (χ0n) is 11.2. The summed E-state index contributed by atoms with van der Waals surface area (Å²) >= 11 is 0. The molecule has 0 aliphatic heterocycles. The number of benzene rings is 1. The summed E-state index contributed by atoms with van der Waals surface area (Å²) in [7, 11) is 0. The Labute approximate surface area is 120 Å². The maximum Gasteiger partial charge on any atom is 0.223 e. The molecule has 0 radical (unpaired) electrons. The third kappa shape index (κ3) is 2.44. The van der Waals surface area contributed by atoms with Crippen LogP contribution in [0.5, 0.6) is 0 Å². The van der Waals surface area contributed by atoms with Crippen LogP contribution in [0.3, 0.4) is 0 Å². The molecule has 21 heavy (non-hydrogen) atoms. The highest BCUT2D eigenvalue weighted by Gasteiger charge is 2.11. The van der Waals surface area contributed by atoms with E-state index < -0.39 is 0 Å². The van der Waals surface area contributed by atoms with Crippen molar-refractivity contribution in [2.24, 2.45) is 0 Å². The van der Waals surface area contributed by atoms with Gasteiger partial charge in [0.2, 0.25) is 11.7 Å². The van der Waals surface area contributed by atoms with E-state index in [0.717, 1.165) is 11.1 Å². The van der Waals surface area contributed by atoms with E-state index >= 15 is 0 Å². The second-order valence-electron chi connectivity index (χ2n) is 4.49. The van der Waals surface area contributed by atoms with Gasteiger partial charge in [-0.1, -0.05) is 17.3 Å². The van der Waals surface area contributed by atoms with Crippen LogP contribution in [-0.2, 0) is 0 Å². The van der Waals surface area contributed by atoms with E-state index in [1.807, 2.05) is 12.1 Å². The third-order valence-electron chi connectivity index (χ3n) is 2.99. The van der Waals surface area contributed by atoms with Crippen LogP contribution in [-0.4, -0.2) is 15.1 Å². The summed E-state index contributed by atoms with van der Waals surface area (Å²) in [4.78, 5) is 8.39. The smallest absolute Gasteiger partial charge is 0.223 e. The normalized spacial score (nSPS) is 10.3. The first kappa shape index (κ1) is 12.8. The van der Waals surface area contributed by atoms with Gasteiger partial charge in [0.15, 0.2) is 0 Å². The predicted octanol–water partition coefficient (Wildman–Crippen LogP) is 2.56. The maximum absolute atomic E-state index is 9.34. The van der Waals surface area contributed by atoms with Crippen molar-refractivity contribution in [2.75, 3.05) is 5.73 Å². The third-order valence-corrected chi connectivity index (χ3v) is 2.99. The number of rotatable bonds is 2. The molecule has 0 aliphatic carbocycles. The standard InChI is InChI=1S/C15H11N5O/c1-9-19-15(20-21-9)10-2-4-13(11(6-10)7-16)14-5-3-12(17)8-18-14/h2-6,8H,17H2,1H3. The largest absolute Gasteiger partial charge is 0.397 e. The summed E-state index contributed by atoms with van der Waals surface area (Å²) in [5.41, 5.74) is 8.85. The van der Waals surface area contributed by atoms with Gasteiger partial charge >= 0.3 is 0 Å². The molecule has 0 atom stereocenters. The fourth-order valence-corrected chi connectivity index (χ4v) is 1.98. The summed E-state index contributed by atoms with van der Waals surface area (Å²) in [6, 6.07) is 11.1. The van der Waals surface area contributed by atoms with Crippen LogP contribution in [0.1, 0.15) is 11.5 Å². The first-order valence-corrected chi connectivity index (χ1v) is 6.24. The second kappa shape index (κ2) is 5.06. The molecule has 0 unspecified atom stereocenters. The SMILES string of the molecule is Cc1nc(-c2ccc(-c3ccc(N)cn3)c(C#N)c2)no1. The number of nitrogens with two attached hydrogens (primary N) is 1. The van der Waals surface area contributed by atoms with Crippen LogP contribution in [0.15, 0.2) is 41.1 Å². The van der Waals surface area contributed by atoms with Crippen molar-refractivity contribution in [1.82, 2.24) is 15.1 Å². The van der Waals surface area contributed by atoms with Gasteiger partial charge in [-0.05, 0) is 18.2 Å². The van der Waals surface area contributed by atoms with E-state index in [1.54, 1.807) is 31.3 Å². The molecule has 2 aromatic heterocycles. The molecule has 0 fully saturated rings. The van der Waals surface area contributed by atoms with Crippen molar-refractivity contribution < 1.29 is 4.52 Å². The fourth-order valence-electron chi connectivity index (χ4n) is 1.98. The number of aromatic nitrogens is 3. The van der Waals surface area contributed by atoms with Gasteiger partial charge in [-0.3, -0.25) is 4.98 Å². The van der Waals surface area contributed by atoms with E-state index in [1.165, 1.54) is 0 Å². The fraction of sp³-hybridized carbons (Fsp3) is 0.0667. The number of aryl methyl sites for hydroxylation is 1. The van der Waals surface area contributed by atoms with Gasteiger partial charge in [-0.15, -0.1) is 0 Å². The quantitative estimate of drug-likeness (QED) is 0.772. The first-order chi connectivity index (χ1) is 10.2. The maximum atomic E-state index is 9.34. The van der Waals surface area contributed by atoms with Crippen LogP contribution in [0.2, 0.25) is 0 Å². The Morgan fingerprint density at radius 3 is 2.71 bits per heavy atom. The Hall–Kier alpha value is -3.20. The molecule has 2 heterocycles. The van der Waals surface area contributed by atoms with E-state index in [9.17, 15) is 5.26 Å². The van der Waals surface area contributed by atoms with Gasteiger partial charge in [0.05, 0.1) is 29.2 Å². The van der Waals surface area contributed by atoms with Crippen molar-refractivity contribution in [3.63, 3.8) is 0 Å². The van der Waals surface area contributed by atoms with Crippen LogP contribution in [0.25, 0.3) is 22.6 Å². The zero-order chi connectivity index (χ0) is 14.8. The molecule has 6 heteroatoms. The van der Waals surface area contributed by atoms with Gasteiger partial charge in [0.25, 0.3) is 0 Å². The molecule has 0 bridgehead atoms. The summed E-state index contributed by atoms with van der Waals surface area (Å²) in [5.74, 6) is 0.939. The Balaban J connectivity index is 2.08. The molecular formula is C15H11N5O. The summed E-state index contributed by atoms with van der Waals surface area (Å²) in [6.45, 7) is 1.72. The molecule has 0 amide bonds. The summed E-state index contributed by atoms with van der Waals surface area (Å²) in [5, 5.41) is 13.2. The Morgan fingerprint density at radius 2 is 2.10 bits per heavy atom. The molecular weight excluding hydrogens is 266 g/mol. The van der Waals surface area contributed by atoms with E-state index in [2.05, 4.69) is 21.2 Å². The number of hydrogen-bond acceptors (Lipinski definition) is 6. The summed E-state index contributed by atoms with van der Waals surface area (Å²) in [6.07, 6.45) is 1.56. The number of nitrogen functional groups attached to an aromatic ring is 1. The second-order valence-corrected chi connectivity index (χ2v) is 4.49. The molecule has 0 saturated carbocycles. The Kier molecular flexibility index (Phi) is 3.09. The van der Waals surface area contributed by atoms with Crippen molar-refractivity contribution >= 4 is 5.69 Å². The minimum absolute atomic E-state index is 0.459. The van der Waals surface area contributed by atoms with E-state index in [-0.39, 0.29) is 0 Å². The molecule has 0 saturated heterocycles.